The molecule has 192 valence electrons. The first-order valence-electron chi connectivity index (χ1n) is 13.0. The summed E-state index contributed by atoms with van der Waals surface area (Å²) < 4.78 is 11.8. The molecule has 6 nitrogen and oxygen atoms in total. The van der Waals surface area contributed by atoms with Gasteiger partial charge in [0.15, 0.2) is 5.60 Å². The summed E-state index contributed by atoms with van der Waals surface area (Å²) in [7, 11) is 0. The first-order chi connectivity index (χ1) is 15.9. The lowest BCUT2D eigenvalue weighted by molar-refractivity contribution is -0.327. The fourth-order valence-electron chi connectivity index (χ4n) is 7.27. The van der Waals surface area contributed by atoms with Gasteiger partial charge in [-0.15, -0.1) is 6.58 Å². The summed E-state index contributed by atoms with van der Waals surface area (Å²) in [4.78, 5) is 26.8. The maximum Gasteiger partial charge on any atom is 0.306 e. The fraction of sp³-hybridized carbons (Fsp3) is 0.786. The molecule has 2 saturated carbocycles. The van der Waals surface area contributed by atoms with Gasteiger partial charge in [-0.25, -0.2) is 0 Å². The topological polar surface area (TPSA) is 93.1 Å². The molecule has 2 N–H and O–H groups in total. The quantitative estimate of drug-likeness (QED) is 0.458. The molecular formula is C28H44O6. The van der Waals surface area contributed by atoms with Gasteiger partial charge >= 0.3 is 5.97 Å². The second-order valence-corrected chi connectivity index (χ2v) is 11.2. The molecule has 0 aromatic carbocycles. The zero-order valence-corrected chi connectivity index (χ0v) is 22.1. The number of ketones is 1. The van der Waals surface area contributed by atoms with Crippen molar-refractivity contribution in [3.8, 4) is 0 Å². The number of Topliss-reactive ketones (excluding diaryl/α,β-unsaturated/α-hetero) is 1. The average molecular weight is 477 g/mol. The highest BCUT2D eigenvalue weighted by molar-refractivity contribution is 5.91. The van der Waals surface area contributed by atoms with Crippen LogP contribution in [-0.2, 0) is 19.1 Å². The minimum atomic E-state index is -1.17. The molecule has 0 aromatic rings. The first kappa shape index (κ1) is 27.1. The van der Waals surface area contributed by atoms with Gasteiger partial charge in [-0.2, -0.15) is 0 Å². The molecule has 3 aliphatic carbocycles. The molecule has 2 bridgehead atoms. The van der Waals surface area contributed by atoms with E-state index in [0.717, 1.165) is 11.1 Å². The molecule has 1 heterocycles. The lowest BCUT2D eigenvalue weighted by Crippen LogP contribution is -2.77. The number of ether oxygens (including phenoxy) is 2. The van der Waals surface area contributed by atoms with E-state index in [2.05, 4.69) is 13.5 Å². The molecular weight excluding hydrogens is 432 g/mol. The SMILES string of the molecule is C=CC[C@H]1C(=O)[C@@]2(C)C(C[C@]3(O)CCC(C)=C1C3(C)C)[C@]1(OC(=O)CC)CO[C@@H]1C[C@@H]2O.CC. The van der Waals surface area contributed by atoms with Crippen LogP contribution in [0, 0.1) is 22.7 Å². The Morgan fingerprint density at radius 1 is 1.29 bits per heavy atom. The second-order valence-electron chi connectivity index (χ2n) is 11.2. The van der Waals surface area contributed by atoms with Crippen LogP contribution in [0.15, 0.2) is 23.8 Å². The largest absolute Gasteiger partial charge is 0.453 e. The van der Waals surface area contributed by atoms with Crippen molar-refractivity contribution in [2.24, 2.45) is 22.7 Å². The van der Waals surface area contributed by atoms with E-state index in [-0.39, 0.29) is 37.6 Å². The van der Waals surface area contributed by atoms with Gasteiger partial charge in [0.05, 0.1) is 23.7 Å². The molecule has 1 aliphatic heterocycles. The number of carbonyl (C=O) groups excluding carboxylic acids is 2. The highest BCUT2D eigenvalue weighted by Gasteiger charge is 2.73. The monoisotopic (exact) mass is 476 g/mol. The van der Waals surface area contributed by atoms with E-state index in [9.17, 15) is 19.8 Å². The molecule has 1 saturated heterocycles. The van der Waals surface area contributed by atoms with Crippen molar-refractivity contribution in [1.29, 1.82) is 0 Å². The van der Waals surface area contributed by atoms with Crippen molar-refractivity contribution in [1.82, 2.24) is 0 Å². The maximum atomic E-state index is 14.4. The summed E-state index contributed by atoms with van der Waals surface area (Å²) in [6.45, 7) is 17.7. The molecule has 6 heteroatoms. The number of aliphatic hydroxyl groups excluding tert-OH is 1. The van der Waals surface area contributed by atoms with Crippen LogP contribution in [0.3, 0.4) is 0 Å². The normalized spacial score (nSPS) is 42.6. The number of fused-ring (bicyclic) bond motifs is 5. The van der Waals surface area contributed by atoms with Crippen LogP contribution >= 0.6 is 0 Å². The summed E-state index contributed by atoms with van der Waals surface area (Å²) in [6.07, 6.45) is 2.78. The smallest absolute Gasteiger partial charge is 0.306 e. The molecule has 4 rings (SSSR count). The summed E-state index contributed by atoms with van der Waals surface area (Å²) in [5, 5.41) is 23.5. The van der Waals surface area contributed by atoms with Crippen LogP contribution in [0.2, 0.25) is 0 Å². The van der Waals surface area contributed by atoms with E-state index in [4.69, 9.17) is 9.47 Å². The molecule has 1 unspecified atom stereocenters. The Balaban J connectivity index is 0.00000158. The third-order valence-corrected chi connectivity index (χ3v) is 9.44. The summed E-state index contributed by atoms with van der Waals surface area (Å²) >= 11 is 0. The number of hydrogen-bond donors (Lipinski definition) is 2. The summed E-state index contributed by atoms with van der Waals surface area (Å²) in [5.41, 5.74) is -1.79. The average Bonchev–Trinajstić information content (AvgIpc) is 2.80. The highest BCUT2D eigenvalue weighted by atomic mass is 16.6. The van der Waals surface area contributed by atoms with E-state index in [1.54, 1.807) is 13.0 Å². The van der Waals surface area contributed by atoms with E-state index in [0.29, 0.717) is 19.3 Å². The zero-order valence-electron chi connectivity index (χ0n) is 22.1. The van der Waals surface area contributed by atoms with Gasteiger partial charge in [0.25, 0.3) is 0 Å². The van der Waals surface area contributed by atoms with Gasteiger partial charge in [-0.05, 0) is 39.5 Å². The fourth-order valence-corrected chi connectivity index (χ4v) is 7.27. The Kier molecular flexibility index (Phi) is 7.31. The Morgan fingerprint density at radius 3 is 2.47 bits per heavy atom. The van der Waals surface area contributed by atoms with Crippen LogP contribution < -0.4 is 0 Å². The molecule has 0 amide bonds. The van der Waals surface area contributed by atoms with E-state index in [1.807, 2.05) is 34.6 Å². The van der Waals surface area contributed by atoms with Crippen molar-refractivity contribution in [3.05, 3.63) is 23.8 Å². The molecule has 0 spiro atoms. The van der Waals surface area contributed by atoms with Crippen LogP contribution in [0.1, 0.15) is 87.0 Å². The van der Waals surface area contributed by atoms with E-state index in [1.165, 1.54) is 0 Å². The third kappa shape index (κ3) is 3.55. The Morgan fingerprint density at radius 2 is 1.94 bits per heavy atom. The molecule has 0 aromatic heterocycles. The Hall–Kier alpha value is -1.50. The molecule has 0 radical (unpaired) electrons. The predicted octanol–water partition coefficient (Wildman–Crippen LogP) is 4.52. The number of allylic oxidation sites excluding steroid dienone is 2. The highest BCUT2D eigenvalue weighted by Crippen LogP contribution is 2.64. The number of esters is 1. The van der Waals surface area contributed by atoms with Gasteiger partial charge in [0, 0.05) is 30.1 Å². The van der Waals surface area contributed by atoms with Crippen molar-refractivity contribution >= 4 is 11.8 Å². The van der Waals surface area contributed by atoms with Crippen molar-refractivity contribution in [3.63, 3.8) is 0 Å². The lowest BCUT2D eigenvalue weighted by Gasteiger charge is -2.66. The predicted molar refractivity (Wildman–Crippen MR) is 131 cm³/mol. The number of aliphatic hydroxyl groups is 2. The first-order valence-corrected chi connectivity index (χ1v) is 13.0. The molecule has 7 atom stereocenters. The van der Waals surface area contributed by atoms with Crippen LogP contribution in [0.4, 0.5) is 0 Å². The lowest BCUT2D eigenvalue weighted by atomic mass is 9.44. The van der Waals surface area contributed by atoms with Crippen LogP contribution in [0.25, 0.3) is 0 Å². The number of carbonyl (C=O) groups is 2. The number of rotatable bonds is 4. The van der Waals surface area contributed by atoms with E-state index < -0.39 is 46.1 Å². The zero-order chi connectivity index (χ0) is 25.7. The molecule has 34 heavy (non-hydrogen) atoms. The Labute approximate surface area is 204 Å². The summed E-state index contributed by atoms with van der Waals surface area (Å²) in [6, 6.07) is 0. The van der Waals surface area contributed by atoms with Gasteiger partial charge in [-0.1, -0.05) is 51.8 Å². The molecule has 4 aliphatic rings. The van der Waals surface area contributed by atoms with Crippen LogP contribution in [-0.4, -0.2) is 52.0 Å². The second kappa shape index (κ2) is 9.18. The van der Waals surface area contributed by atoms with Crippen molar-refractivity contribution < 1.29 is 29.3 Å². The standard InChI is InChI=1S/C26H38O6.C2H6/c1-7-9-16-21-15(3)10-11-25(30,23(21,4)5)13-17-24(6,22(16)29)18(27)12-19-26(17,14-31-19)32-20(28)8-2;1-2/h7,16-19,27,30H,1,8-14H2,2-6H3;1-2H3/t16-,17?,18+,19-,24+,25-,26-;/m1./s1. The van der Waals surface area contributed by atoms with Gasteiger partial charge in [-0.3, -0.25) is 9.59 Å². The molecule has 3 fully saturated rings. The van der Waals surface area contributed by atoms with Gasteiger partial charge < -0.3 is 19.7 Å². The van der Waals surface area contributed by atoms with Crippen molar-refractivity contribution in [2.45, 2.75) is 110 Å². The Bertz CT molecular complexity index is 874. The third-order valence-electron chi connectivity index (χ3n) is 9.44. The number of hydrogen-bond acceptors (Lipinski definition) is 6. The van der Waals surface area contributed by atoms with Crippen LogP contribution in [0.5, 0.6) is 0 Å². The van der Waals surface area contributed by atoms with E-state index >= 15 is 0 Å². The minimum Gasteiger partial charge on any atom is -0.453 e. The van der Waals surface area contributed by atoms with Crippen molar-refractivity contribution in [2.75, 3.05) is 6.61 Å². The van der Waals surface area contributed by atoms with Gasteiger partial charge in [0.1, 0.15) is 11.9 Å². The maximum absolute atomic E-state index is 14.4. The van der Waals surface area contributed by atoms with Gasteiger partial charge in [0.2, 0.25) is 0 Å². The minimum absolute atomic E-state index is 0.0430. The summed E-state index contributed by atoms with van der Waals surface area (Å²) in [5.74, 6) is -1.41.